The average molecular weight is 360 g/mol. The van der Waals surface area contributed by atoms with E-state index in [1.54, 1.807) is 29.2 Å². The maximum atomic E-state index is 12.6. The molecular weight excluding hydrogens is 336 g/mol. The first-order valence-electron chi connectivity index (χ1n) is 8.96. The van der Waals surface area contributed by atoms with Crippen LogP contribution in [0.2, 0.25) is 0 Å². The molecule has 7 nitrogen and oxygen atoms in total. The number of nitrogens with one attached hydrogen (secondary N) is 1. The first kappa shape index (κ1) is 18.2. The van der Waals surface area contributed by atoms with E-state index >= 15 is 0 Å². The number of carboxylic acid groups (broad SMARTS) is 1. The molecule has 2 aliphatic rings. The Hall–Kier alpha value is -2.57. The van der Waals surface area contributed by atoms with Crippen molar-refractivity contribution in [3.8, 4) is 5.75 Å². The van der Waals surface area contributed by atoms with Crippen molar-refractivity contribution in [1.82, 2.24) is 10.2 Å². The molecule has 2 atom stereocenters. The molecule has 1 saturated heterocycles. The summed E-state index contributed by atoms with van der Waals surface area (Å²) in [6, 6.07) is 5.61. The normalized spacial score (nSPS) is 21.7. The summed E-state index contributed by atoms with van der Waals surface area (Å²) in [5.41, 5.74) is 0.462. The summed E-state index contributed by atoms with van der Waals surface area (Å²) in [5, 5.41) is 12.1. The monoisotopic (exact) mass is 360 g/mol. The van der Waals surface area contributed by atoms with E-state index in [0.717, 1.165) is 25.7 Å². The van der Waals surface area contributed by atoms with E-state index in [-0.39, 0.29) is 24.3 Å². The SMILES string of the molecule is COc1ccc(C(NC(=O)C2CC(=O)N(C3CCCC3)C2)C(=O)O)cc1. The third-order valence-corrected chi connectivity index (χ3v) is 5.28. The standard InChI is InChI=1S/C19H24N2O5/c1-26-15-8-6-12(7-9-15)17(19(24)25)20-18(23)13-10-16(22)21(11-13)14-4-2-3-5-14/h6-9,13-14,17H,2-5,10-11H2,1H3,(H,20,23)(H,24,25). The average Bonchev–Trinajstić information content (AvgIpc) is 3.28. The van der Waals surface area contributed by atoms with Crippen LogP contribution >= 0.6 is 0 Å². The van der Waals surface area contributed by atoms with E-state index in [9.17, 15) is 19.5 Å². The van der Waals surface area contributed by atoms with Crippen LogP contribution in [0.3, 0.4) is 0 Å². The van der Waals surface area contributed by atoms with E-state index in [1.807, 2.05) is 0 Å². The second-order valence-electron chi connectivity index (χ2n) is 6.94. The summed E-state index contributed by atoms with van der Waals surface area (Å²) < 4.78 is 5.07. The molecule has 26 heavy (non-hydrogen) atoms. The van der Waals surface area contributed by atoms with Crippen LogP contribution in [-0.2, 0) is 14.4 Å². The number of methoxy groups -OCH3 is 1. The van der Waals surface area contributed by atoms with E-state index in [4.69, 9.17) is 4.74 Å². The molecule has 1 heterocycles. The van der Waals surface area contributed by atoms with Gasteiger partial charge in [0.25, 0.3) is 0 Å². The predicted molar refractivity (Wildman–Crippen MR) is 93.6 cm³/mol. The molecule has 3 rings (SSSR count). The first-order valence-corrected chi connectivity index (χ1v) is 8.96. The van der Waals surface area contributed by atoms with Gasteiger partial charge in [-0.3, -0.25) is 9.59 Å². The van der Waals surface area contributed by atoms with Crippen molar-refractivity contribution in [1.29, 1.82) is 0 Å². The highest BCUT2D eigenvalue weighted by molar-refractivity contribution is 5.91. The lowest BCUT2D eigenvalue weighted by Crippen LogP contribution is -2.40. The zero-order valence-electron chi connectivity index (χ0n) is 14.8. The third kappa shape index (κ3) is 3.81. The molecule has 0 bridgehead atoms. The Bertz CT molecular complexity index is 682. The molecule has 1 aromatic carbocycles. The summed E-state index contributed by atoms with van der Waals surface area (Å²) in [6.45, 7) is 0.379. The molecule has 2 amide bonds. The molecule has 1 saturated carbocycles. The number of ether oxygens (including phenoxy) is 1. The number of hydrogen-bond acceptors (Lipinski definition) is 4. The van der Waals surface area contributed by atoms with Crippen LogP contribution in [0, 0.1) is 5.92 Å². The predicted octanol–water partition coefficient (Wildman–Crippen LogP) is 1.73. The number of nitrogens with zero attached hydrogens (tertiary/aromatic N) is 1. The third-order valence-electron chi connectivity index (χ3n) is 5.28. The summed E-state index contributed by atoms with van der Waals surface area (Å²) >= 11 is 0. The zero-order chi connectivity index (χ0) is 18.7. The van der Waals surface area contributed by atoms with Crippen LogP contribution in [-0.4, -0.2) is 47.5 Å². The van der Waals surface area contributed by atoms with Gasteiger partial charge in [-0.15, -0.1) is 0 Å². The number of rotatable bonds is 6. The number of aliphatic carboxylic acids is 1. The van der Waals surface area contributed by atoms with Crippen molar-refractivity contribution >= 4 is 17.8 Å². The lowest BCUT2D eigenvalue weighted by Gasteiger charge is -2.24. The van der Waals surface area contributed by atoms with Crippen LogP contribution in [0.25, 0.3) is 0 Å². The highest BCUT2D eigenvalue weighted by Crippen LogP contribution is 2.30. The van der Waals surface area contributed by atoms with Crippen molar-refractivity contribution in [2.24, 2.45) is 5.92 Å². The molecule has 140 valence electrons. The quantitative estimate of drug-likeness (QED) is 0.805. The number of likely N-dealkylation sites (tertiary alicyclic amines) is 1. The van der Waals surface area contributed by atoms with Crippen molar-refractivity contribution < 1.29 is 24.2 Å². The highest BCUT2D eigenvalue weighted by Gasteiger charge is 2.39. The molecule has 7 heteroatoms. The molecule has 2 fully saturated rings. The van der Waals surface area contributed by atoms with Crippen LogP contribution in [0.5, 0.6) is 5.75 Å². The van der Waals surface area contributed by atoms with Gasteiger partial charge in [0, 0.05) is 19.0 Å². The van der Waals surface area contributed by atoms with Crippen molar-refractivity contribution in [2.45, 2.75) is 44.2 Å². The number of amides is 2. The van der Waals surface area contributed by atoms with E-state index in [2.05, 4.69) is 5.32 Å². The Morgan fingerprint density at radius 2 is 1.88 bits per heavy atom. The molecular formula is C19H24N2O5. The Kier molecular flexibility index (Phi) is 5.44. The smallest absolute Gasteiger partial charge is 0.330 e. The molecule has 1 aliphatic carbocycles. The summed E-state index contributed by atoms with van der Waals surface area (Å²) in [4.78, 5) is 38.3. The van der Waals surface area contributed by atoms with Crippen molar-refractivity contribution in [3.05, 3.63) is 29.8 Å². The molecule has 0 aromatic heterocycles. The molecule has 2 N–H and O–H groups in total. The van der Waals surface area contributed by atoms with E-state index < -0.39 is 17.9 Å². The van der Waals surface area contributed by atoms with Gasteiger partial charge in [-0.25, -0.2) is 4.79 Å². The van der Waals surface area contributed by atoms with E-state index in [0.29, 0.717) is 17.9 Å². The fraction of sp³-hybridized carbons (Fsp3) is 0.526. The van der Waals surface area contributed by atoms with Crippen LogP contribution in [0.15, 0.2) is 24.3 Å². The maximum Gasteiger partial charge on any atom is 0.330 e. The summed E-state index contributed by atoms with van der Waals surface area (Å²) in [6.07, 6.45) is 4.36. The Labute approximate surface area is 152 Å². The number of carbonyl (C=O) groups excluding carboxylic acids is 2. The van der Waals surface area contributed by atoms with Gasteiger partial charge in [-0.05, 0) is 30.5 Å². The fourth-order valence-electron chi connectivity index (χ4n) is 3.82. The second-order valence-corrected chi connectivity index (χ2v) is 6.94. The Morgan fingerprint density at radius 3 is 2.46 bits per heavy atom. The molecule has 2 unspecified atom stereocenters. The summed E-state index contributed by atoms with van der Waals surface area (Å²) in [5.74, 6) is -1.42. The molecule has 1 aliphatic heterocycles. The van der Waals surface area contributed by atoms with Gasteiger partial charge in [0.2, 0.25) is 11.8 Å². The first-order chi connectivity index (χ1) is 12.5. The van der Waals surface area contributed by atoms with Gasteiger partial charge in [-0.1, -0.05) is 25.0 Å². The van der Waals surface area contributed by atoms with Crippen LogP contribution in [0.4, 0.5) is 0 Å². The number of benzene rings is 1. The number of carbonyl (C=O) groups is 3. The van der Waals surface area contributed by atoms with Crippen molar-refractivity contribution in [3.63, 3.8) is 0 Å². The topological polar surface area (TPSA) is 95.9 Å². The fourth-order valence-corrected chi connectivity index (χ4v) is 3.82. The van der Waals surface area contributed by atoms with Gasteiger partial charge < -0.3 is 20.1 Å². The lowest BCUT2D eigenvalue weighted by molar-refractivity contribution is -0.142. The number of carboxylic acids is 1. The van der Waals surface area contributed by atoms with Crippen LogP contribution < -0.4 is 10.1 Å². The Morgan fingerprint density at radius 1 is 1.23 bits per heavy atom. The minimum absolute atomic E-state index is 0.00614. The second kappa shape index (κ2) is 7.76. The molecule has 0 radical (unpaired) electrons. The summed E-state index contributed by atoms with van der Waals surface area (Å²) in [7, 11) is 1.53. The van der Waals surface area contributed by atoms with Crippen molar-refractivity contribution in [2.75, 3.05) is 13.7 Å². The zero-order valence-corrected chi connectivity index (χ0v) is 14.8. The highest BCUT2D eigenvalue weighted by atomic mass is 16.5. The van der Waals surface area contributed by atoms with Gasteiger partial charge in [0.1, 0.15) is 5.75 Å². The van der Waals surface area contributed by atoms with Gasteiger partial charge >= 0.3 is 5.97 Å². The molecule has 1 aromatic rings. The van der Waals surface area contributed by atoms with Gasteiger partial charge in [0.05, 0.1) is 13.0 Å². The minimum atomic E-state index is -1.15. The van der Waals surface area contributed by atoms with Gasteiger partial charge in [0.15, 0.2) is 6.04 Å². The van der Waals surface area contributed by atoms with E-state index in [1.165, 1.54) is 7.11 Å². The number of hydrogen-bond donors (Lipinski definition) is 2. The largest absolute Gasteiger partial charge is 0.497 e. The molecule has 0 spiro atoms. The Balaban J connectivity index is 1.66. The minimum Gasteiger partial charge on any atom is -0.497 e. The maximum absolute atomic E-state index is 12.6. The van der Waals surface area contributed by atoms with Gasteiger partial charge in [-0.2, -0.15) is 0 Å². The van der Waals surface area contributed by atoms with Crippen LogP contribution in [0.1, 0.15) is 43.7 Å². The lowest BCUT2D eigenvalue weighted by atomic mass is 10.0.